The van der Waals surface area contributed by atoms with Gasteiger partial charge in [-0.15, -0.1) is 0 Å². The van der Waals surface area contributed by atoms with E-state index in [9.17, 15) is 14.3 Å². The van der Waals surface area contributed by atoms with Crippen molar-refractivity contribution in [2.45, 2.75) is 6.04 Å². The molecule has 1 atom stereocenters. The number of aromatic nitrogens is 2. The highest BCUT2D eigenvalue weighted by Crippen LogP contribution is 2.31. The maximum Gasteiger partial charge on any atom is 0.251 e. The van der Waals surface area contributed by atoms with E-state index in [1.54, 1.807) is 0 Å². The molecule has 17 heavy (non-hydrogen) atoms. The van der Waals surface area contributed by atoms with E-state index in [4.69, 9.17) is 4.74 Å². The van der Waals surface area contributed by atoms with Crippen LogP contribution < -0.4 is 10.3 Å². The molecule has 0 saturated carbocycles. The van der Waals surface area contributed by atoms with Crippen LogP contribution in [-0.2, 0) is 0 Å². The van der Waals surface area contributed by atoms with Gasteiger partial charge in [0.2, 0.25) is 0 Å². The van der Waals surface area contributed by atoms with Crippen LogP contribution in [0.25, 0.3) is 11.0 Å². The van der Waals surface area contributed by atoms with Crippen molar-refractivity contribution in [1.29, 1.82) is 0 Å². The zero-order valence-electron chi connectivity index (χ0n) is 8.76. The summed E-state index contributed by atoms with van der Waals surface area (Å²) in [5.41, 5.74) is 0.482. The molecule has 0 amide bonds. The predicted molar refractivity (Wildman–Crippen MR) is 57.6 cm³/mol. The lowest BCUT2D eigenvalue weighted by atomic mass is 10.2. The van der Waals surface area contributed by atoms with Gasteiger partial charge in [0.1, 0.15) is 12.1 Å². The Labute approximate surface area is 95.1 Å². The second-order valence-electron chi connectivity index (χ2n) is 3.86. The summed E-state index contributed by atoms with van der Waals surface area (Å²) in [7, 11) is 0. The number of nitrogens with zero attached hydrogens (tertiary/aromatic N) is 2. The first-order valence-corrected chi connectivity index (χ1v) is 5.16. The fraction of sp³-hybridized carbons (Fsp3) is 0.273. The molecule has 0 aliphatic carbocycles. The van der Waals surface area contributed by atoms with Gasteiger partial charge in [0, 0.05) is 6.07 Å². The number of aliphatic hydroxyl groups is 1. The average molecular weight is 236 g/mol. The number of hydrogen-bond acceptors (Lipinski definition) is 4. The lowest BCUT2D eigenvalue weighted by Gasteiger charge is -2.26. The first-order valence-electron chi connectivity index (χ1n) is 5.16. The first-order chi connectivity index (χ1) is 8.22. The van der Waals surface area contributed by atoms with Crippen molar-refractivity contribution in [3.8, 4) is 5.75 Å². The summed E-state index contributed by atoms with van der Waals surface area (Å²) in [6.45, 7) is -0.168. The number of ether oxygens (including phenoxy) is 1. The first kappa shape index (κ1) is 10.2. The third kappa shape index (κ3) is 1.34. The van der Waals surface area contributed by atoms with Crippen molar-refractivity contribution >= 4 is 11.0 Å². The SMILES string of the molecule is O=c1ccc2ncc(F)c3c2n1[C@H](CO)CO3. The van der Waals surface area contributed by atoms with Crippen LogP contribution >= 0.6 is 0 Å². The van der Waals surface area contributed by atoms with Crippen LogP contribution in [0.15, 0.2) is 23.1 Å². The van der Waals surface area contributed by atoms with Gasteiger partial charge in [-0.2, -0.15) is 0 Å². The Morgan fingerprint density at radius 3 is 3.18 bits per heavy atom. The normalized spacial score (nSPS) is 18.1. The molecule has 1 aliphatic rings. The molecule has 2 aromatic heterocycles. The fourth-order valence-electron chi connectivity index (χ4n) is 2.06. The van der Waals surface area contributed by atoms with E-state index in [-0.39, 0.29) is 24.5 Å². The lowest BCUT2D eigenvalue weighted by Crippen LogP contribution is -2.34. The van der Waals surface area contributed by atoms with E-state index < -0.39 is 11.9 Å². The molecule has 88 valence electrons. The number of hydrogen-bond donors (Lipinski definition) is 1. The van der Waals surface area contributed by atoms with Gasteiger partial charge in [0.05, 0.1) is 24.4 Å². The van der Waals surface area contributed by atoms with Gasteiger partial charge in [-0.05, 0) is 6.07 Å². The van der Waals surface area contributed by atoms with Crippen LogP contribution in [0.3, 0.4) is 0 Å². The van der Waals surface area contributed by atoms with E-state index in [2.05, 4.69) is 4.98 Å². The van der Waals surface area contributed by atoms with Gasteiger partial charge in [-0.1, -0.05) is 0 Å². The largest absolute Gasteiger partial charge is 0.486 e. The summed E-state index contributed by atoms with van der Waals surface area (Å²) in [5.74, 6) is -0.578. The van der Waals surface area contributed by atoms with Crippen LogP contribution in [0.4, 0.5) is 4.39 Å². The second-order valence-corrected chi connectivity index (χ2v) is 3.86. The summed E-state index contributed by atoms with van der Waals surface area (Å²) in [6, 6.07) is 2.37. The Hall–Kier alpha value is -1.95. The minimum atomic E-state index is -0.603. The Kier molecular flexibility index (Phi) is 2.12. The standard InChI is InChI=1S/C11H9FN2O3/c12-7-3-13-8-1-2-9(16)14-6(4-15)5-17-11(7)10(8)14/h1-3,6,15H,4-5H2/t6-/m1/s1. The van der Waals surface area contributed by atoms with Crippen molar-refractivity contribution < 1.29 is 14.2 Å². The molecule has 0 bridgehead atoms. The topological polar surface area (TPSA) is 64.4 Å². The van der Waals surface area contributed by atoms with Crippen LogP contribution in [0.2, 0.25) is 0 Å². The number of halogens is 1. The molecular weight excluding hydrogens is 227 g/mol. The maximum absolute atomic E-state index is 13.5. The third-order valence-corrected chi connectivity index (χ3v) is 2.85. The Morgan fingerprint density at radius 2 is 2.41 bits per heavy atom. The molecule has 3 heterocycles. The van der Waals surface area contributed by atoms with E-state index in [1.807, 2.05) is 0 Å². The molecule has 0 spiro atoms. The minimum absolute atomic E-state index is 0.0254. The Balaban J connectivity index is 2.48. The summed E-state index contributed by atoms with van der Waals surface area (Å²) in [6.07, 6.45) is 1.06. The summed E-state index contributed by atoms with van der Waals surface area (Å²) >= 11 is 0. The number of pyridine rings is 2. The van der Waals surface area contributed by atoms with Gasteiger partial charge >= 0.3 is 0 Å². The molecule has 1 N–H and O–H groups in total. The van der Waals surface area contributed by atoms with Gasteiger partial charge < -0.3 is 9.84 Å². The van der Waals surface area contributed by atoms with E-state index in [0.717, 1.165) is 6.20 Å². The third-order valence-electron chi connectivity index (χ3n) is 2.85. The molecule has 0 saturated heterocycles. The van der Waals surface area contributed by atoms with Crippen molar-refractivity contribution in [3.05, 3.63) is 34.5 Å². The minimum Gasteiger partial charge on any atom is -0.486 e. The molecule has 6 heteroatoms. The molecule has 3 rings (SSSR count). The summed E-state index contributed by atoms with van der Waals surface area (Å²) < 4.78 is 20.1. The highest BCUT2D eigenvalue weighted by atomic mass is 19.1. The predicted octanol–water partition coefficient (Wildman–Crippen LogP) is 0.461. The second kappa shape index (κ2) is 3.53. The van der Waals surface area contributed by atoms with Gasteiger partial charge in [0.15, 0.2) is 11.6 Å². The highest BCUT2D eigenvalue weighted by Gasteiger charge is 2.25. The van der Waals surface area contributed by atoms with Gasteiger partial charge in [0.25, 0.3) is 5.56 Å². The summed E-state index contributed by atoms with van der Waals surface area (Å²) in [5, 5.41) is 9.21. The van der Waals surface area contributed by atoms with Crippen molar-refractivity contribution in [2.75, 3.05) is 13.2 Å². The van der Waals surface area contributed by atoms with E-state index in [0.29, 0.717) is 11.0 Å². The monoisotopic (exact) mass is 236 g/mol. The molecule has 0 unspecified atom stereocenters. The van der Waals surface area contributed by atoms with Gasteiger partial charge in [-0.25, -0.2) is 4.39 Å². The smallest absolute Gasteiger partial charge is 0.251 e. The summed E-state index contributed by atoms with van der Waals surface area (Å²) in [4.78, 5) is 15.7. The van der Waals surface area contributed by atoms with Crippen LogP contribution in [0, 0.1) is 5.82 Å². The van der Waals surface area contributed by atoms with Crippen molar-refractivity contribution in [1.82, 2.24) is 9.55 Å². The molecular formula is C11H9FN2O3. The lowest BCUT2D eigenvalue weighted by molar-refractivity contribution is 0.152. The molecule has 1 aliphatic heterocycles. The van der Waals surface area contributed by atoms with Crippen LogP contribution in [0.1, 0.15) is 6.04 Å². The van der Waals surface area contributed by atoms with Crippen molar-refractivity contribution in [3.63, 3.8) is 0 Å². The number of rotatable bonds is 1. The zero-order valence-corrected chi connectivity index (χ0v) is 8.76. The van der Waals surface area contributed by atoms with Gasteiger partial charge in [-0.3, -0.25) is 14.3 Å². The van der Waals surface area contributed by atoms with E-state index in [1.165, 1.54) is 16.7 Å². The maximum atomic E-state index is 13.5. The highest BCUT2D eigenvalue weighted by molar-refractivity contribution is 5.81. The fourth-order valence-corrected chi connectivity index (χ4v) is 2.06. The molecule has 0 fully saturated rings. The molecule has 0 radical (unpaired) electrons. The average Bonchev–Trinajstić information content (AvgIpc) is 2.36. The molecule has 5 nitrogen and oxygen atoms in total. The Morgan fingerprint density at radius 1 is 1.59 bits per heavy atom. The Bertz CT molecular complexity index is 653. The van der Waals surface area contributed by atoms with Crippen molar-refractivity contribution in [2.24, 2.45) is 0 Å². The number of aliphatic hydroxyl groups excluding tert-OH is 1. The molecule has 0 aromatic carbocycles. The zero-order chi connectivity index (χ0) is 12.0. The molecule has 2 aromatic rings. The van der Waals surface area contributed by atoms with Crippen LogP contribution in [-0.4, -0.2) is 27.9 Å². The van der Waals surface area contributed by atoms with E-state index >= 15 is 0 Å². The quantitative estimate of drug-likeness (QED) is 0.781. The van der Waals surface area contributed by atoms with Crippen LogP contribution in [0.5, 0.6) is 5.75 Å².